The molecule has 4 N–H and O–H groups in total. The lowest BCUT2D eigenvalue weighted by Gasteiger charge is -2.23. The van der Waals surface area contributed by atoms with E-state index in [4.69, 9.17) is 10.8 Å². The summed E-state index contributed by atoms with van der Waals surface area (Å²) in [5.74, 6) is -0.242. The molecule has 6 heteroatoms. The number of rotatable bonds is 5. The van der Waals surface area contributed by atoms with Crippen molar-refractivity contribution in [3.63, 3.8) is 0 Å². The minimum atomic E-state index is -0.242. The van der Waals surface area contributed by atoms with Gasteiger partial charge in [0.2, 0.25) is 0 Å². The monoisotopic (exact) mass is 240 g/mol. The molecule has 17 heavy (non-hydrogen) atoms. The molecule has 1 aromatic heterocycles. The molecule has 0 bridgehead atoms. The van der Waals surface area contributed by atoms with Gasteiger partial charge in [-0.05, 0) is 11.8 Å². The van der Waals surface area contributed by atoms with E-state index in [2.05, 4.69) is 10.4 Å². The summed E-state index contributed by atoms with van der Waals surface area (Å²) in [4.78, 5) is 11.9. The number of carbonyl (C=O) groups is 1. The van der Waals surface area contributed by atoms with Crippen LogP contribution in [0.3, 0.4) is 0 Å². The van der Waals surface area contributed by atoms with Crippen LogP contribution in [0.2, 0.25) is 0 Å². The number of aliphatic hydroxyl groups excluding tert-OH is 1. The molecular weight excluding hydrogens is 220 g/mol. The van der Waals surface area contributed by atoms with E-state index in [0.29, 0.717) is 24.3 Å². The number of nitrogens with two attached hydrogens (primary N) is 1. The Labute approximate surface area is 101 Å². The molecule has 1 aromatic rings. The lowest BCUT2D eigenvalue weighted by atomic mass is 9.90. The second-order valence-electron chi connectivity index (χ2n) is 4.89. The van der Waals surface area contributed by atoms with Gasteiger partial charge in [-0.2, -0.15) is 5.10 Å². The van der Waals surface area contributed by atoms with E-state index in [1.165, 1.54) is 10.9 Å². The fourth-order valence-corrected chi connectivity index (χ4v) is 1.53. The van der Waals surface area contributed by atoms with Crippen LogP contribution in [0, 0.1) is 5.41 Å². The highest BCUT2D eigenvalue weighted by molar-refractivity contribution is 5.97. The number of hydrogen-bond donors (Lipinski definition) is 3. The van der Waals surface area contributed by atoms with Crippen molar-refractivity contribution in [2.75, 3.05) is 18.9 Å². The van der Waals surface area contributed by atoms with Crippen LogP contribution in [0.5, 0.6) is 0 Å². The Hall–Kier alpha value is -1.56. The highest BCUT2D eigenvalue weighted by atomic mass is 16.3. The van der Waals surface area contributed by atoms with Gasteiger partial charge in [0, 0.05) is 20.2 Å². The summed E-state index contributed by atoms with van der Waals surface area (Å²) >= 11 is 0. The van der Waals surface area contributed by atoms with Crippen molar-refractivity contribution >= 4 is 11.6 Å². The molecular formula is C11H20N4O2. The Morgan fingerprint density at radius 2 is 2.29 bits per heavy atom. The van der Waals surface area contributed by atoms with Crippen molar-refractivity contribution in [1.82, 2.24) is 15.1 Å². The third-order valence-electron chi connectivity index (χ3n) is 2.70. The molecule has 6 nitrogen and oxygen atoms in total. The van der Waals surface area contributed by atoms with Crippen molar-refractivity contribution < 1.29 is 9.90 Å². The van der Waals surface area contributed by atoms with Crippen molar-refractivity contribution in [1.29, 1.82) is 0 Å². The summed E-state index contributed by atoms with van der Waals surface area (Å²) in [6.45, 7) is 4.56. The molecule has 0 unspecified atom stereocenters. The van der Waals surface area contributed by atoms with Crippen LogP contribution in [0.25, 0.3) is 0 Å². The quantitative estimate of drug-likeness (QED) is 0.682. The Kier molecular flexibility index (Phi) is 4.11. The molecule has 0 saturated heterocycles. The first-order chi connectivity index (χ1) is 7.87. The second kappa shape index (κ2) is 5.18. The predicted molar refractivity (Wildman–Crippen MR) is 65.4 cm³/mol. The van der Waals surface area contributed by atoms with Crippen LogP contribution in [-0.2, 0) is 7.05 Å². The topological polar surface area (TPSA) is 93.2 Å². The maximum Gasteiger partial charge on any atom is 0.271 e. The lowest BCUT2D eigenvalue weighted by molar-refractivity contribution is 0.0919. The van der Waals surface area contributed by atoms with E-state index in [9.17, 15) is 4.79 Å². The minimum Gasteiger partial charge on any atom is -0.396 e. The fraction of sp³-hybridized carbons (Fsp3) is 0.636. The van der Waals surface area contributed by atoms with E-state index in [-0.39, 0.29) is 17.9 Å². The van der Waals surface area contributed by atoms with Gasteiger partial charge < -0.3 is 16.2 Å². The molecule has 0 spiro atoms. The summed E-state index contributed by atoms with van der Waals surface area (Å²) in [6, 6.07) is 0. The molecule has 96 valence electrons. The summed E-state index contributed by atoms with van der Waals surface area (Å²) in [6.07, 6.45) is 2.09. The van der Waals surface area contributed by atoms with E-state index >= 15 is 0 Å². The van der Waals surface area contributed by atoms with E-state index < -0.39 is 0 Å². The van der Waals surface area contributed by atoms with Crippen LogP contribution in [0.15, 0.2) is 6.20 Å². The average molecular weight is 240 g/mol. The molecule has 0 aliphatic carbocycles. The number of hydrogen-bond acceptors (Lipinski definition) is 4. The normalized spacial score (nSPS) is 11.5. The molecule has 0 fully saturated rings. The molecule has 1 heterocycles. The number of anilines is 1. The van der Waals surface area contributed by atoms with Crippen LogP contribution in [0.4, 0.5) is 5.69 Å². The van der Waals surface area contributed by atoms with Crippen molar-refractivity contribution in [3.05, 3.63) is 11.9 Å². The molecule has 0 saturated carbocycles. The number of nitrogens with one attached hydrogen (secondary N) is 1. The Morgan fingerprint density at radius 1 is 1.65 bits per heavy atom. The SMILES string of the molecule is Cn1ncc(N)c1C(=O)NCC(C)(C)CCO. The number of aryl methyl sites for hydroxylation is 1. The zero-order valence-corrected chi connectivity index (χ0v) is 10.5. The van der Waals surface area contributed by atoms with Gasteiger partial charge in [0.25, 0.3) is 5.91 Å². The largest absolute Gasteiger partial charge is 0.396 e. The maximum absolute atomic E-state index is 11.9. The molecule has 1 amide bonds. The molecule has 0 aromatic carbocycles. The summed E-state index contributed by atoms with van der Waals surface area (Å²) in [7, 11) is 1.67. The van der Waals surface area contributed by atoms with Gasteiger partial charge in [-0.25, -0.2) is 0 Å². The molecule has 0 atom stereocenters. The number of amides is 1. The maximum atomic E-state index is 11.9. The van der Waals surface area contributed by atoms with E-state index in [1.54, 1.807) is 7.05 Å². The van der Waals surface area contributed by atoms with Crippen LogP contribution in [-0.4, -0.2) is 33.9 Å². The van der Waals surface area contributed by atoms with Crippen molar-refractivity contribution in [3.8, 4) is 0 Å². The number of aliphatic hydroxyl groups is 1. The number of nitrogen functional groups attached to an aromatic ring is 1. The number of nitrogens with zero attached hydrogens (tertiary/aromatic N) is 2. The van der Waals surface area contributed by atoms with E-state index in [0.717, 1.165) is 0 Å². The highest BCUT2D eigenvalue weighted by Crippen LogP contribution is 2.18. The second-order valence-corrected chi connectivity index (χ2v) is 4.89. The summed E-state index contributed by atoms with van der Waals surface area (Å²) < 4.78 is 1.45. The van der Waals surface area contributed by atoms with Gasteiger partial charge >= 0.3 is 0 Å². The zero-order valence-electron chi connectivity index (χ0n) is 10.5. The van der Waals surface area contributed by atoms with Crippen LogP contribution >= 0.6 is 0 Å². The highest BCUT2D eigenvalue weighted by Gasteiger charge is 2.20. The van der Waals surface area contributed by atoms with Gasteiger partial charge in [-0.15, -0.1) is 0 Å². The summed E-state index contributed by atoms with van der Waals surface area (Å²) in [5, 5.41) is 15.6. The van der Waals surface area contributed by atoms with Gasteiger partial charge in [0.1, 0.15) is 5.69 Å². The van der Waals surface area contributed by atoms with Gasteiger partial charge in [-0.3, -0.25) is 9.48 Å². The molecule has 1 rings (SSSR count). The Morgan fingerprint density at radius 3 is 2.76 bits per heavy atom. The lowest BCUT2D eigenvalue weighted by Crippen LogP contribution is -2.35. The van der Waals surface area contributed by atoms with Gasteiger partial charge in [0.05, 0.1) is 11.9 Å². The first-order valence-corrected chi connectivity index (χ1v) is 5.54. The van der Waals surface area contributed by atoms with Crippen LogP contribution in [0.1, 0.15) is 30.8 Å². The first kappa shape index (κ1) is 13.5. The molecule has 0 aliphatic heterocycles. The smallest absolute Gasteiger partial charge is 0.271 e. The van der Waals surface area contributed by atoms with Gasteiger partial charge in [-0.1, -0.05) is 13.8 Å². The standard InChI is InChI=1S/C11H20N4O2/c1-11(2,4-5-16)7-13-10(17)9-8(12)6-14-15(9)3/h6,16H,4-5,7,12H2,1-3H3,(H,13,17). The fourth-order valence-electron chi connectivity index (χ4n) is 1.53. The van der Waals surface area contributed by atoms with Gasteiger partial charge in [0.15, 0.2) is 0 Å². The third-order valence-corrected chi connectivity index (χ3v) is 2.70. The van der Waals surface area contributed by atoms with Crippen LogP contribution < -0.4 is 11.1 Å². The Bertz CT molecular complexity index is 379. The molecule has 0 aliphatic rings. The first-order valence-electron chi connectivity index (χ1n) is 5.54. The molecule has 0 radical (unpaired) electrons. The third kappa shape index (κ3) is 3.45. The number of carbonyl (C=O) groups excluding carboxylic acids is 1. The Balaban J connectivity index is 2.62. The number of aromatic nitrogens is 2. The minimum absolute atomic E-state index is 0.108. The predicted octanol–water partition coefficient (Wildman–Crippen LogP) is 0.141. The zero-order chi connectivity index (χ0) is 13.1. The van der Waals surface area contributed by atoms with Crippen molar-refractivity contribution in [2.24, 2.45) is 12.5 Å². The summed E-state index contributed by atoms with van der Waals surface area (Å²) in [5.41, 5.74) is 6.25. The van der Waals surface area contributed by atoms with E-state index in [1.807, 2.05) is 13.8 Å². The van der Waals surface area contributed by atoms with Crippen molar-refractivity contribution in [2.45, 2.75) is 20.3 Å². The average Bonchev–Trinajstić information content (AvgIpc) is 2.55.